The Morgan fingerprint density at radius 1 is 1.04 bits per heavy atom. The van der Waals surface area contributed by atoms with Crippen LogP contribution in [0.2, 0.25) is 0 Å². The number of imidazole rings is 1. The van der Waals surface area contributed by atoms with Crippen LogP contribution in [0.4, 0.5) is 10.1 Å². The fraction of sp³-hybridized carbons (Fsp3) is 0.314. The van der Waals surface area contributed by atoms with Crippen LogP contribution >= 0.6 is 0 Å². The van der Waals surface area contributed by atoms with Gasteiger partial charge in [0.1, 0.15) is 23.7 Å². The molecule has 240 valence electrons. The normalized spacial score (nSPS) is 13.9. The van der Waals surface area contributed by atoms with Crippen LogP contribution in [0.15, 0.2) is 61.1 Å². The van der Waals surface area contributed by atoms with Gasteiger partial charge in [0.2, 0.25) is 5.91 Å². The molecule has 0 atom stereocenters. The minimum Gasteiger partial charge on any atom is -0.492 e. The van der Waals surface area contributed by atoms with Gasteiger partial charge in [-0.25, -0.2) is 19.3 Å². The van der Waals surface area contributed by atoms with Crippen molar-refractivity contribution in [2.75, 3.05) is 31.6 Å². The van der Waals surface area contributed by atoms with E-state index in [4.69, 9.17) is 14.7 Å². The molecule has 1 saturated heterocycles. The van der Waals surface area contributed by atoms with E-state index in [1.54, 1.807) is 18.6 Å². The lowest BCUT2D eigenvalue weighted by Crippen LogP contribution is -2.25. The molecule has 0 radical (unpaired) electrons. The molecule has 0 spiro atoms. The van der Waals surface area contributed by atoms with Crippen LogP contribution in [0.1, 0.15) is 40.0 Å². The predicted octanol–water partition coefficient (Wildman–Crippen LogP) is 6.61. The largest absolute Gasteiger partial charge is 0.492 e. The zero-order valence-electron chi connectivity index (χ0n) is 26.6. The van der Waals surface area contributed by atoms with Crippen molar-refractivity contribution in [2.45, 2.75) is 40.0 Å². The number of benzene rings is 1. The van der Waals surface area contributed by atoms with Crippen molar-refractivity contribution >= 4 is 33.8 Å². The zero-order chi connectivity index (χ0) is 32.5. The number of halogens is 1. The summed E-state index contributed by atoms with van der Waals surface area (Å²) in [5.41, 5.74) is 6.20. The van der Waals surface area contributed by atoms with Crippen LogP contribution in [0.3, 0.4) is 0 Å². The average Bonchev–Trinajstić information content (AvgIpc) is 3.79. The molecule has 5 aromatic heterocycles. The number of H-pyrrole nitrogens is 2. The van der Waals surface area contributed by atoms with E-state index in [1.807, 2.05) is 51.1 Å². The number of aromatic amines is 2. The smallest absolute Gasteiger partial charge is 0.224 e. The Kier molecular flexibility index (Phi) is 8.10. The number of hydrogen-bond donors (Lipinski definition) is 3. The topological polar surface area (TPSA) is 138 Å². The minimum absolute atomic E-state index is 0.0747. The molecule has 3 N–H and O–H groups in total. The highest BCUT2D eigenvalue weighted by molar-refractivity contribution is 5.95. The molecule has 0 aliphatic carbocycles. The lowest BCUT2D eigenvalue weighted by molar-refractivity contribution is -0.117. The highest BCUT2D eigenvalue weighted by atomic mass is 19.1. The molecule has 6 aromatic rings. The molecular weight excluding hydrogens is 597 g/mol. The minimum atomic E-state index is -0.384. The molecule has 1 aromatic carbocycles. The fourth-order valence-corrected chi connectivity index (χ4v) is 5.92. The van der Waals surface area contributed by atoms with Gasteiger partial charge in [0, 0.05) is 42.6 Å². The molecule has 47 heavy (non-hydrogen) atoms. The van der Waals surface area contributed by atoms with E-state index in [-0.39, 0.29) is 17.1 Å². The summed E-state index contributed by atoms with van der Waals surface area (Å²) in [6, 6.07) is 12.2. The Morgan fingerprint density at radius 2 is 1.89 bits per heavy atom. The van der Waals surface area contributed by atoms with Crippen molar-refractivity contribution in [1.82, 2.24) is 40.0 Å². The molecule has 0 saturated carbocycles. The Hall–Kier alpha value is -5.23. The predicted molar refractivity (Wildman–Crippen MR) is 179 cm³/mol. The molecule has 1 fully saturated rings. The first kappa shape index (κ1) is 30.4. The van der Waals surface area contributed by atoms with Crippen LogP contribution in [0.25, 0.3) is 56.1 Å². The number of carbonyl (C=O) groups excluding carboxylic acids is 1. The number of anilines is 1. The maximum Gasteiger partial charge on any atom is 0.224 e. The standard InChI is InChI=1S/C35H36FN9O2/c1-35(2,3)18-29(46)39-24-15-22(19-37-20-24)27-6-7-28-31(40-27)32(44-43-28)34-41-30-26(8-9-38-33(30)42-34)21-14-23(36)17-25(16-21)47-13-12-45-10-4-5-11-45/h6-9,14-17,19-20H,4-5,10-13,18H2,1-3H3,(H,39,46)(H,43,44)(H,38,41,42). The number of pyridine rings is 3. The second-order valence-electron chi connectivity index (χ2n) is 13.1. The van der Waals surface area contributed by atoms with Crippen molar-refractivity contribution in [3.63, 3.8) is 0 Å². The van der Waals surface area contributed by atoms with E-state index >= 15 is 0 Å². The first-order valence-corrected chi connectivity index (χ1v) is 15.8. The number of amides is 1. The maximum absolute atomic E-state index is 14.8. The SMILES string of the molecule is CC(C)(C)CC(=O)Nc1cncc(-c2ccc3[nH]nc(-c4nc5nccc(-c6cc(F)cc(OCCN7CCCC7)c6)c5[nH]4)c3n2)c1. The van der Waals surface area contributed by atoms with E-state index < -0.39 is 0 Å². The molecule has 1 amide bonds. The Morgan fingerprint density at radius 3 is 2.72 bits per heavy atom. The molecule has 1 aliphatic heterocycles. The van der Waals surface area contributed by atoms with Gasteiger partial charge in [-0.05, 0) is 73.3 Å². The first-order chi connectivity index (χ1) is 22.7. The lowest BCUT2D eigenvalue weighted by atomic mass is 9.92. The number of nitrogens with one attached hydrogen (secondary N) is 3. The van der Waals surface area contributed by atoms with Crippen molar-refractivity contribution in [3.05, 3.63) is 66.9 Å². The zero-order valence-corrected chi connectivity index (χ0v) is 26.6. The van der Waals surface area contributed by atoms with Crippen molar-refractivity contribution in [1.29, 1.82) is 0 Å². The Bertz CT molecular complexity index is 2080. The summed E-state index contributed by atoms with van der Waals surface area (Å²) < 4.78 is 20.8. The second kappa shape index (κ2) is 12.5. The third kappa shape index (κ3) is 6.82. The molecule has 6 heterocycles. The third-order valence-corrected chi connectivity index (χ3v) is 8.09. The molecule has 0 bridgehead atoms. The van der Waals surface area contributed by atoms with Gasteiger partial charge in [-0.2, -0.15) is 5.10 Å². The quantitative estimate of drug-likeness (QED) is 0.162. The molecule has 12 heteroatoms. The summed E-state index contributed by atoms with van der Waals surface area (Å²) in [5, 5.41) is 10.5. The first-order valence-electron chi connectivity index (χ1n) is 15.8. The molecule has 1 aliphatic rings. The van der Waals surface area contributed by atoms with Crippen LogP contribution in [-0.4, -0.2) is 72.2 Å². The van der Waals surface area contributed by atoms with E-state index in [0.29, 0.717) is 63.9 Å². The van der Waals surface area contributed by atoms with Gasteiger partial charge in [0.15, 0.2) is 17.2 Å². The Labute approximate surface area is 271 Å². The lowest BCUT2D eigenvalue weighted by Gasteiger charge is -2.17. The number of aromatic nitrogens is 7. The van der Waals surface area contributed by atoms with Crippen LogP contribution < -0.4 is 10.1 Å². The number of ether oxygens (including phenoxy) is 1. The van der Waals surface area contributed by atoms with Crippen molar-refractivity contribution in [2.24, 2.45) is 5.41 Å². The van der Waals surface area contributed by atoms with E-state index in [1.165, 1.54) is 25.0 Å². The molecule has 11 nitrogen and oxygen atoms in total. The number of fused-ring (bicyclic) bond motifs is 2. The van der Waals surface area contributed by atoms with Gasteiger partial charge < -0.3 is 15.0 Å². The summed E-state index contributed by atoms with van der Waals surface area (Å²) in [4.78, 5) is 36.7. The van der Waals surface area contributed by atoms with Crippen LogP contribution in [-0.2, 0) is 4.79 Å². The van der Waals surface area contributed by atoms with Gasteiger partial charge >= 0.3 is 0 Å². The molecule has 0 unspecified atom stereocenters. The van der Waals surface area contributed by atoms with E-state index in [0.717, 1.165) is 36.3 Å². The van der Waals surface area contributed by atoms with Gasteiger partial charge in [-0.15, -0.1) is 0 Å². The van der Waals surface area contributed by atoms with Gasteiger partial charge in [-0.3, -0.25) is 19.8 Å². The highest BCUT2D eigenvalue weighted by Crippen LogP contribution is 2.33. The third-order valence-electron chi connectivity index (χ3n) is 8.09. The number of hydrogen-bond acceptors (Lipinski definition) is 8. The summed E-state index contributed by atoms with van der Waals surface area (Å²) in [7, 11) is 0. The molecular formula is C35H36FN9O2. The van der Waals surface area contributed by atoms with E-state index in [2.05, 4.69) is 35.4 Å². The summed E-state index contributed by atoms with van der Waals surface area (Å²) >= 11 is 0. The fourth-order valence-electron chi connectivity index (χ4n) is 5.92. The average molecular weight is 634 g/mol. The van der Waals surface area contributed by atoms with Crippen molar-refractivity contribution < 1.29 is 13.9 Å². The summed E-state index contributed by atoms with van der Waals surface area (Å²) in [6.45, 7) is 9.54. The second-order valence-corrected chi connectivity index (χ2v) is 13.1. The summed E-state index contributed by atoms with van der Waals surface area (Å²) in [6.07, 6.45) is 7.79. The summed E-state index contributed by atoms with van der Waals surface area (Å²) in [5.74, 6) is 0.488. The van der Waals surface area contributed by atoms with Crippen LogP contribution in [0.5, 0.6) is 5.75 Å². The number of likely N-dealkylation sites (tertiary alicyclic amines) is 1. The van der Waals surface area contributed by atoms with Gasteiger partial charge in [0.05, 0.1) is 28.6 Å². The van der Waals surface area contributed by atoms with E-state index in [9.17, 15) is 9.18 Å². The number of nitrogens with zero attached hydrogens (tertiary/aromatic N) is 6. The molecule has 7 rings (SSSR count). The monoisotopic (exact) mass is 633 g/mol. The van der Waals surface area contributed by atoms with Crippen molar-refractivity contribution in [3.8, 4) is 39.7 Å². The maximum atomic E-state index is 14.8. The number of rotatable bonds is 9. The van der Waals surface area contributed by atoms with Crippen LogP contribution in [0, 0.1) is 11.2 Å². The highest BCUT2D eigenvalue weighted by Gasteiger charge is 2.19. The van der Waals surface area contributed by atoms with Gasteiger partial charge in [-0.1, -0.05) is 20.8 Å². The Balaban J connectivity index is 1.17. The van der Waals surface area contributed by atoms with Gasteiger partial charge in [0.25, 0.3) is 0 Å². The number of carbonyl (C=O) groups is 1.